The first-order chi connectivity index (χ1) is 23.2. The summed E-state index contributed by atoms with van der Waals surface area (Å²) < 4.78 is 28.9. The molecule has 3 aliphatic heterocycles. The summed E-state index contributed by atoms with van der Waals surface area (Å²) in [4.78, 5) is 25.0. The molecule has 0 radical (unpaired) electrons. The van der Waals surface area contributed by atoms with Gasteiger partial charge in [0.15, 0.2) is 12.6 Å². The van der Waals surface area contributed by atoms with Gasteiger partial charge in [-0.1, -0.05) is 6.92 Å². The van der Waals surface area contributed by atoms with Crippen LogP contribution in [0.2, 0.25) is 0 Å². The Morgan fingerprint density at radius 3 is 2.37 bits per heavy atom. The Labute approximate surface area is 285 Å². The van der Waals surface area contributed by atoms with Crippen molar-refractivity contribution in [3.63, 3.8) is 0 Å². The number of aldehydes is 1. The van der Waals surface area contributed by atoms with Gasteiger partial charge in [-0.2, -0.15) is 0 Å². The molecule has 2 saturated heterocycles. The van der Waals surface area contributed by atoms with Gasteiger partial charge in [0.1, 0.15) is 43.4 Å². The molecule has 6 fully saturated rings. The second-order valence-corrected chi connectivity index (χ2v) is 16.1. The fourth-order valence-corrected chi connectivity index (χ4v) is 11.3. The highest BCUT2D eigenvalue weighted by molar-refractivity contribution is 5.85. The second kappa shape index (κ2) is 12.8. The van der Waals surface area contributed by atoms with Crippen molar-refractivity contribution in [3.8, 4) is 0 Å². The molecule has 3 heterocycles. The average Bonchev–Trinajstić information content (AvgIpc) is 3.61. The van der Waals surface area contributed by atoms with Crippen LogP contribution in [0.1, 0.15) is 78.1 Å². The van der Waals surface area contributed by atoms with Crippen LogP contribution in [0.5, 0.6) is 0 Å². The zero-order chi connectivity index (χ0) is 35.1. The highest BCUT2D eigenvalue weighted by atomic mass is 16.7. The van der Waals surface area contributed by atoms with Crippen LogP contribution in [-0.2, 0) is 33.3 Å². The maximum Gasteiger partial charge on any atom is 0.331 e. The largest absolute Gasteiger partial charge is 0.458 e. The van der Waals surface area contributed by atoms with Gasteiger partial charge in [0.05, 0.1) is 41.5 Å². The van der Waals surface area contributed by atoms with E-state index in [4.69, 9.17) is 23.7 Å². The molecule has 0 spiro atoms. The summed E-state index contributed by atoms with van der Waals surface area (Å²) in [6.07, 6.45) is -4.38. The van der Waals surface area contributed by atoms with Crippen molar-refractivity contribution in [2.75, 3.05) is 13.2 Å². The van der Waals surface area contributed by atoms with Crippen LogP contribution < -0.4 is 0 Å². The highest BCUT2D eigenvalue weighted by Gasteiger charge is 2.71. The SMILES string of the molecule is CC1OC(OC2CC[C@]3(C=O)C4CC[C@]5(C)C(C6=CC(=O)OC6)CC[C@]5(O)C4CC[C@]3(O)C2)CC(O)C1OC1OC(CO)C(O)C(O)C1O. The minimum Gasteiger partial charge on any atom is -0.458 e. The quantitative estimate of drug-likeness (QED) is 0.102. The summed E-state index contributed by atoms with van der Waals surface area (Å²) in [5.74, 6) is -0.688. The van der Waals surface area contributed by atoms with Gasteiger partial charge < -0.3 is 64.2 Å². The number of carbonyl (C=O) groups is 2. The second-order valence-electron chi connectivity index (χ2n) is 16.1. The molecule has 4 saturated carbocycles. The molecule has 0 aromatic heterocycles. The average molecular weight is 697 g/mol. The molecule has 17 atom stereocenters. The predicted octanol–water partition coefficient (Wildman–Crippen LogP) is -0.397. The lowest BCUT2D eigenvalue weighted by Crippen LogP contribution is -2.69. The Hall–Kier alpha value is -1.56. The van der Waals surface area contributed by atoms with E-state index in [1.54, 1.807) is 13.0 Å². The van der Waals surface area contributed by atoms with E-state index in [-0.39, 0.29) is 43.2 Å². The summed E-state index contributed by atoms with van der Waals surface area (Å²) in [5.41, 5.74) is -2.94. The zero-order valence-electron chi connectivity index (χ0n) is 28.1. The first kappa shape index (κ1) is 35.8. The molecule has 14 nitrogen and oxygen atoms in total. The number of carbonyl (C=O) groups excluding carboxylic acids is 2. The number of aliphatic hydroxyl groups is 7. The van der Waals surface area contributed by atoms with Gasteiger partial charge in [0.25, 0.3) is 0 Å². The van der Waals surface area contributed by atoms with Crippen molar-refractivity contribution < 1.29 is 69.0 Å². The van der Waals surface area contributed by atoms with E-state index in [9.17, 15) is 45.3 Å². The Kier molecular flexibility index (Phi) is 9.38. The van der Waals surface area contributed by atoms with Gasteiger partial charge >= 0.3 is 5.97 Å². The number of hydrogen-bond donors (Lipinski definition) is 7. The van der Waals surface area contributed by atoms with Crippen LogP contribution in [0.25, 0.3) is 0 Å². The van der Waals surface area contributed by atoms with Crippen LogP contribution in [-0.4, -0.2) is 134 Å². The number of rotatable bonds is 7. The molecule has 13 unspecified atom stereocenters. The van der Waals surface area contributed by atoms with Crippen LogP contribution in [0.3, 0.4) is 0 Å². The molecular weight excluding hydrogens is 644 g/mol. The third-order valence-corrected chi connectivity index (χ3v) is 14.0. The van der Waals surface area contributed by atoms with Crippen LogP contribution >= 0.6 is 0 Å². The van der Waals surface area contributed by atoms with Crippen molar-refractivity contribution in [1.82, 2.24) is 0 Å². The molecule has 7 rings (SSSR count). The summed E-state index contributed by atoms with van der Waals surface area (Å²) in [6, 6.07) is 0. The third-order valence-electron chi connectivity index (χ3n) is 14.0. The highest BCUT2D eigenvalue weighted by Crippen LogP contribution is 2.70. The predicted molar refractivity (Wildman–Crippen MR) is 166 cm³/mol. The lowest BCUT2D eigenvalue weighted by atomic mass is 9.41. The van der Waals surface area contributed by atoms with E-state index in [2.05, 4.69) is 6.92 Å². The topological polar surface area (TPSA) is 222 Å². The number of esters is 1. The molecule has 14 heteroatoms. The smallest absolute Gasteiger partial charge is 0.331 e. The maximum atomic E-state index is 13.2. The normalized spacial score (nSPS) is 54.3. The van der Waals surface area contributed by atoms with Gasteiger partial charge in [-0.05, 0) is 81.6 Å². The van der Waals surface area contributed by atoms with E-state index in [0.717, 1.165) is 18.3 Å². The minimum absolute atomic E-state index is 0.00470. The Morgan fingerprint density at radius 1 is 0.939 bits per heavy atom. The third kappa shape index (κ3) is 5.47. The van der Waals surface area contributed by atoms with Crippen LogP contribution in [0.15, 0.2) is 11.6 Å². The van der Waals surface area contributed by atoms with Gasteiger partial charge in [0, 0.05) is 24.3 Å². The van der Waals surface area contributed by atoms with Crippen LogP contribution in [0.4, 0.5) is 0 Å². The monoisotopic (exact) mass is 696 g/mol. The minimum atomic E-state index is -1.62. The van der Waals surface area contributed by atoms with Gasteiger partial charge in [0.2, 0.25) is 0 Å². The van der Waals surface area contributed by atoms with E-state index in [0.29, 0.717) is 44.9 Å². The standard InChI is InChI=1S/C35H52O14/c1-17-30(49-31-29(42)28(41)27(40)24(14-36)48-31)23(38)12-26(46-17)47-19-3-8-33(16-37)21-4-7-32(2)20(18-11-25(39)45-15-18)6-10-35(32,44)22(21)5-9-34(33,43)13-19/h11,16-17,19-24,26-31,36,38,40-44H,3-10,12-15H2,1-2H3/t17?,19?,20?,21?,22?,23?,24?,26?,27?,28?,29?,30?,31?,32-,33+,34+,35+/m1/s1. The molecule has 276 valence electrons. The van der Waals surface area contributed by atoms with Gasteiger partial charge in [-0.15, -0.1) is 0 Å². The Morgan fingerprint density at radius 2 is 1.69 bits per heavy atom. The zero-order valence-corrected chi connectivity index (χ0v) is 28.1. The lowest BCUT2D eigenvalue weighted by Gasteiger charge is -2.65. The van der Waals surface area contributed by atoms with Crippen molar-refractivity contribution in [3.05, 3.63) is 11.6 Å². The Bertz CT molecular complexity index is 1300. The molecule has 0 bridgehead atoms. The molecule has 4 aliphatic carbocycles. The van der Waals surface area contributed by atoms with Crippen molar-refractivity contribution in [2.24, 2.45) is 28.6 Å². The summed E-state index contributed by atoms with van der Waals surface area (Å²) in [7, 11) is 0. The van der Waals surface area contributed by atoms with Crippen LogP contribution in [0, 0.1) is 28.6 Å². The molecule has 0 aromatic rings. The Balaban J connectivity index is 1.00. The fraction of sp³-hybridized carbons (Fsp3) is 0.886. The number of hydrogen-bond acceptors (Lipinski definition) is 14. The van der Waals surface area contributed by atoms with E-state index < -0.39 is 90.1 Å². The molecule has 7 N–H and O–H groups in total. The fourth-order valence-electron chi connectivity index (χ4n) is 11.3. The number of aliphatic hydroxyl groups excluding tert-OH is 5. The summed E-state index contributed by atoms with van der Waals surface area (Å²) in [6.45, 7) is 3.42. The lowest BCUT2D eigenvalue weighted by molar-refractivity contribution is -0.345. The number of cyclic esters (lactones) is 1. The van der Waals surface area contributed by atoms with Crippen molar-refractivity contribution >= 4 is 12.3 Å². The van der Waals surface area contributed by atoms with Crippen molar-refractivity contribution in [2.45, 2.75) is 151 Å². The van der Waals surface area contributed by atoms with Gasteiger partial charge in [-0.25, -0.2) is 4.79 Å². The maximum absolute atomic E-state index is 13.2. The summed E-state index contributed by atoms with van der Waals surface area (Å²) in [5, 5.41) is 75.9. The van der Waals surface area contributed by atoms with E-state index >= 15 is 0 Å². The first-order valence-electron chi connectivity index (χ1n) is 17.9. The molecule has 0 amide bonds. The molecular formula is C35H52O14. The van der Waals surface area contributed by atoms with E-state index in [1.165, 1.54) is 0 Å². The first-order valence-corrected chi connectivity index (χ1v) is 17.9. The number of ether oxygens (including phenoxy) is 5. The van der Waals surface area contributed by atoms with E-state index in [1.807, 2.05) is 0 Å². The summed E-state index contributed by atoms with van der Waals surface area (Å²) >= 11 is 0. The molecule has 7 aliphatic rings. The number of fused-ring (bicyclic) bond motifs is 5. The van der Waals surface area contributed by atoms with Gasteiger partial charge in [-0.3, -0.25) is 0 Å². The van der Waals surface area contributed by atoms with Crippen molar-refractivity contribution in [1.29, 1.82) is 0 Å². The molecule has 0 aromatic carbocycles. The molecule has 49 heavy (non-hydrogen) atoms.